The highest BCUT2D eigenvalue weighted by atomic mass is 19.1. The molecule has 0 saturated carbocycles. The van der Waals surface area contributed by atoms with Crippen LogP contribution in [0, 0.1) is 51.1 Å². The third kappa shape index (κ3) is 3.64. The van der Waals surface area contributed by atoms with Crippen molar-refractivity contribution >= 4 is 6.09 Å². The Balaban J connectivity index is 1.75. The van der Waals surface area contributed by atoms with Gasteiger partial charge < -0.3 is 15.4 Å². The van der Waals surface area contributed by atoms with Gasteiger partial charge in [-0.3, -0.25) is 0 Å². The summed E-state index contributed by atoms with van der Waals surface area (Å²) in [7, 11) is 0. The minimum atomic E-state index is -1.98. The highest BCUT2D eigenvalue weighted by Crippen LogP contribution is 2.54. The number of nitrogens with two attached hydrogens (primary N) is 1. The normalized spacial score (nSPS) is 20.8. The number of hydrogen-bond acceptors (Lipinski definition) is 6. The second kappa shape index (κ2) is 9.10. The summed E-state index contributed by atoms with van der Waals surface area (Å²) in [5.41, 5.74) is 5.52. The monoisotopic (exact) mass is 453 g/mol. The largest absolute Gasteiger partial charge is 0.445 e. The molecule has 0 spiro atoms. The molecule has 168 valence electrons. The van der Waals surface area contributed by atoms with E-state index in [9.17, 15) is 25.0 Å². The number of nitriles is 3. The van der Waals surface area contributed by atoms with Crippen LogP contribution in [0.4, 0.5) is 9.18 Å². The van der Waals surface area contributed by atoms with E-state index in [1.54, 1.807) is 12.1 Å². The third-order valence-corrected chi connectivity index (χ3v) is 6.37. The topological polar surface area (TPSA) is 127 Å². The van der Waals surface area contributed by atoms with Crippen LogP contribution >= 0.6 is 0 Å². The smallest absolute Gasteiger partial charge is 0.410 e. The summed E-state index contributed by atoms with van der Waals surface area (Å²) in [5.74, 6) is -2.34. The number of amides is 1. The quantitative estimate of drug-likeness (QED) is 0.751. The van der Waals surface area contributed by atoms with Gasteiger partial charge in [-0.05, 0) is 22.8 Å². The van der Waals surface area contributed by atoms with Gasteiger partial charge in [-0.25, -0.2) is 9.18 Å². The summed E-state index contributed by atoms with van der Waals surface area (Å²) in [6.07, 6.45) is 1.07. The van der Waals surface area contributed by atoms with E-state index in [0.717, 1.165) is 5.56 Å². The number of carbonyl (C=O) groups excluding carboxylic acids is 1. The van der Waals surface area contributed by atoms with E-state index in [2.05, 4.69) is 0 Å². The molecule has 0 aromatic heterocycles. The SMILES string of the molecule is N#CC1=C(N)C(C#N)(C#N)[C@@H](c2ccccc2F)[C@H]2CN(C(=O)OCc3ccccc3)CC=C12. The van der Waals surface area contributed by atoms with Gasteiger partial charge in [-0.1, -0.05) is 54.6 Å². The molecule has 1 aliphatic carbocycles. The zero-order valence-electron chi connectivity index (χ0n) is 18.1. The lowest BCUT2D eigenvalue weighted by molar-refractivity contribution is 0.0897. The van der Waals surface area contributed by atoms with Gasteiger partial charge in [0.05, 0.1) is 23.4 Å². The maximum atomic E-state index is 15.0. The fourth-order valence-corrected chi connectivity index (χ4v) is 4.71. The predicted octanol–water partition coefficient (Wildman–Crippen LogP) is 3.89. The molecule has 2 atom stereocenters. The van der Waals surface area contributed by atoms with Crippen molar-refractivity contribution in [3.8, 4) is 18.2 Å². The molecule has 0 saturated heterocycles. The number of benzene rings is 2. The summed E-state index contributed by atoms with van der Waals surface area (Å²) in [5, 5.41) is 30.0. The highest BCUT2D eigenvalue weighted by molar-refractivity contribution is 5.69. The number of fused-ring (bicyclic) bond motifs is 1. The standard InChI is InChI=1S/C26H20FN5O2/c27-22-9-5-4-8-19(22)23-21-13-32(25(33)34-14-17-6-2-1-3-7-17)11-10-18(21)20(12-28)24(31)26(23,15-29)16-30/h1-10,21,23H,11,13-14,31H2/t21-,23-/m0/s1. The number of ether oxygens (including phenoxy) is 1. The van der Waals surface area contributed by atoms with Crippen molar-refractivity contribution in [2.45, 2.75) is 12.5 Å². The summed E-state index contributed by atoms with van der Waals surface area (Å²) < 4.78 is 20.4. The van der Waals surface area contributed by atoms with E-state index in [4.69, 9.17) is 10.5 Å². The average Bonchev–Trinajstić information content (AvgIpc) is 2.87. The van der Waals surface area contributed by atoms with Crippen molar-refractivity contribution in [2.75, 3.05) is 13.1 Å². The molecule has 0 unspecified atom stereocenters. The molecule has 4 rings (SSSR count). The number of halogens is 1. The van der Waals surface area contributed by atoms with Gasteiger partial charge in [0.2, 0.25) is 0 Å². The van der Waals surface area contributed by atoms with Crippen LogP contribution in [0.25, 0.3) is 0 Å². The van der Waals surface area contributed by atoms with E-state index < -0.39 is 29.2 Å². The van der Waals surface area contributed by atoms with Crippen LogP contribution < -0.4 is 5.73 Å². The Morgan fingerprint density at radius 1 is 1.12 bits per heavy atom. The van der Waals surface area contributed by atoms with Gasteiger partial charge in [-0.2, -0.15) is 15.8 Å². The minimum absolute atomic E-state index is 0.0259. The second-order valence-electron chi connectivity index (χ2n) is 8.14. The van der Waals surface area contributed by atoms with Gasteiger partial charge in [0.1, 0.15) is 18.5 Å². The fraction of sp³-hybridized carbons (Fsp3) is 0.231. The van der Waals surface area contributed by atoms with E-state index in [-0.39, 0.29) is 36.5 Å². The molecule has 2 aliphatic rings. The van der Waals surface area contributed by atoms with Crippen LogP contribution in [-0.4, -0.2) is 24.1 Å². The molecule has 2 N–H and O–H groups in total. The van der Waals surface area contributed by atoms with E-state index >= 15 is 0 Å². The Bertz CT molecular complexity index is 1300. The number of rotatable bonds is 3. The van der Waals surface area contributed by atoms with Gasteiger partial charge in [-0.15, -0.1) is 0 Å². The predicted molar refractivity (Wildman–Crippen MR) is 119 cm³/mol. The first kappa shape index (κ1) is 22.6. The zero-order chi connectivity index (χ0) is 24.3. The van der Waals surface area contributed by atoms with Crippen LogP contribution in [0.1, 0.15) is 17.0 Å². The summed E-state index contributed by atoms with van der Waals surface area (Å²) >= 11 is 0. The zero-order valence-corrected chi connectivity index (χ0v) is 18.1. The summed E-state index contributed by atoms with van der Waals surface area (Å²) in [6.45, 7) is 0.251. The molecule has 1 aliphatic heterocycles. The minimum Gasteiger partial charge on any atom is -0.445 e. The molecule has 0 radical (unpaired) electrons. The molecule has 34 heavy (non-hydrogen) atoms. The first-order valence-electron chi connectivity index (χ1n) is 10.6. The molecule has 8 heteroatoms. The maximum Gasteiger partial charge on any atom is 0.410 e. The lowest BCUT2D eigenvalue weighted by Crippen LogP contribution is -2.49. The molecule has 7 nitrogen and oxygen atoms in total. The number of allylic oxidation sites excluding steroid dienone is 2. The van der Waals surface area contributed by atoms with Crippen molar-refractivity contribution < 1.29 is 13.9 Å². The fourth-order valence-electron chi connectivity index (χ4n) is 4.71. The van der Waals surface area contributed by atoms with Gasteiger partial charge in [0.25, 0.3) is 0 Å². The van der Waals surface area contributed by atoms with Crippen LogP contribution in [-0.2, 0) is 11.3 Å². The van der Waals surface area contributed by atoms with Gasteiger partial charge >= 0.3 is 6.09 Å². The van der Waals surface area contributed by atoms with Gasteiger partial charge in [0, 0.05) is 24.9 Å². The van der Waals surface area contributed by atoms with Gasteiger partial charge in [0.15, 0.2) is 5.41 Å². The van der Waals surface area contributed by atoms with Crippen LogP contribution in [0.2, 0.25) is 0 Å². The summed E-state index contributed by atoms with van der Waals surface area (Å²) in [6, 6.07) is 21.0. The number of hydrogen-bond donors (Lipinski definition) is 1. The molecule has 2 aromatic carbocycles. The average molecular weight is 453 g/mol. The molecular weight excluding hydrogens is 433 g/mol. The lowest BCUT2D eigenvalue weighted by Gasteiger charge is -2.45. The Hall–Kier alpha value is -4.61. The van der Waals surface area contributed by atoms with Crippen molar-refractivity contribution in [2.24, 2.45) is 17.1 Å². The maximum absolute atomic E-state index is 15.0. The van der Waals surface area contributed by atoms with Crippen LogP contribution in [0.3, 0.4) is 0 Å². The second-order valence-corrected chi connectivity index (χ2v) is 8.14. The van der Waals surface area contributed by atoms with Crippen LogP contribution in [0.5, 0.6) is 0 Å². The van der Waals surface area contributed by atoms with Crippen molar-refractivity contribution in [1.82, 2.24) is 4.90 Å². The van der Waals surface area contributed by atoms with E-state index in [0.29, 0.717) is 5.57 Å². The first-order chi connectivity index (χ1) is 16.5. The van der Waals surface area contributed by atoms with E-state index in [1.165, 1.54) is 23.1 Å². The summed E-state index contributed by atoms with van der Waals surface area (Å²) in [4.78, 5) is 14.3. The Labute approximate surface area is 196 Å². The van der Waals surface area contributed by atoms with E-state index in [1.807, 2.05) is 48.5 Å². The molecule has 1 heterocycles. The molecular formula is C26H20FN5O2. The van der Waals surface area contributed by atoms with Crippen molar-refractivity contribution in [3.05, 3.63) is 94.5 Å². The van der Waals surface area contributed by atoms with Crippen LogP contribution in [0.15, 0.2) is 77.5 Å². The molecule has 0 bridgehead atoms. The highest BCUT2D eigenvalue weighted by Gasteiger charge is 2.55. The molecule has 1 amide bonds. The Morgan fingerprint density at radius 3 is 2.44 bits per heavy atom. The Kier molecular flexibility index (Phi) is 6.04. The number of carbonyl (C=O) groups is 1. The van der Waals surface area contributed by atoms with Crippen molar-refractivity contribution in [1.29, 1.82) is 15.8 Å². The first-order valence-corrected chi connectivity index (χ1v) is 10.6. The Morgan fingerprint density at radius 2 is 1.79 bits per heavy atom. The molecule has 2 aromatic rings. The third-order valence-electron chi connectivity index (χ3n) is 6.37. The van der Waals surface area contributed by atoms with Crippen molar-refractivity contribution in [3.63, 3.8) is 0 Å². The lowest BCUT2D eigenvalue weighted by atomic mass is 9.58. The molecule has 0 fully saturated rings. The number of nitrogens with zero attached hydrogens (tertiary/aromatic N) is 4.